The molecule has 0 amide bonds. The molecule has 1 rings (SSSR count). The molecule has 0 radical (unpaired) electrons. The first kappa shape index (κ1) is 14.9. The predicted octanol–water partition coefficient (Wildman–Crippen LogP) is 2.07. The molecule has 92 valence electrons. The predicted molar refractivity (Wildman–Crippen MR) is 63.9 cm³/mol. The summed E-state index contributed by atoms with van der Waals surface area (Å²) in [5.41, 5.74) is 5.28. The second kappa shape index (κ2) is 12.0. The number of aliphatic hydroxyl groups is 1. The summed E-state index contributed by atoms with van der Waals surface area (Å²) in [4.78, 5) is 0. The Morgan fingerprint density at radius 3 is 2.13 bits per heavy atom. The smallest absolute Gasteiger partial charge is 0.0701 e. The van der Waals surface area contributed by atoms with Crippen molar-refractivity contribution in [2.75, 3.05) is 19.8 Å². The van der Waals surface area contributed by atoms with Crippen LogP contribution in [0.2, 0.25) is 0 Å². The standard InChI is InChI=1S/C10H23NO.C2H4O/c1-2-3-4-5-6-7-8-10(12)9-11;1-2-3-1/h10,12H,2-9,11H2,1H3;1-2H2. The third-order valence-electron chi connectivity index (χ3n) is 2.37. The largest absolute Gasteiger partial charge is 0.392 e. The van der Waals surface area contributed by atoms with Gasteiger partial charge in [0, 0.05) is 6.54 Å². The molecule has 1 fully saturated rings. The highest BCUT2D eigenvalue weighted by Gasteiger charge is 1.99. The van der Waals surface area contributed by atoms with E-state index in [4.69, 9.17) is 10.8 Å². The van der Waals surface area contributed by atoms with Gasteiger partial charge in [0.2, 0.25) is 0 Å². The molecule has 1 aliphatic rings. The van der Waals surface area contributed by atoms with E-state index < -0.39 is 0 Å². The minimum Gasteiger partial charge on any atom is -0.392 e. The van der Waals surface area contributed by atoms with Gasteiger partial charge in [0.1, 0.15) is 0 Å². The Kier molecular flexibility index (Phi) is 11.9. The van der Waals surface area contributed by atoms with E-state index in [1.807, 2.05) is 0 Å². The Bertz CT molecular complexity index is 115. The second-order valence-corrected chi connectivity index (χ2v) is 4.06. The number of hydrogen-bond acceptors (Lipinski definition) is 3. The molecule has 3 nitrogen and oxygen atoms in total. The number of unbranched alkanes of at least 4 members (excludes halogenated alkanes) is 5. The summed E-state index contributed by atoms with van der Waals surface area (Å²) in [6.45, 7) is 4.63. The monoisotopic (exact) mass is 217 g/mol. The van der Waals surface area contributed by atoms with E-state index in [0.29, 0.717) is 6.54 Å². The minimum atomic E-state index is -0.267. The maximum Gasteiger partial charge on any atom is 0.0701 e. The van der Waals surface area contributed by atoms with E-state index in [1.165, 1.54) is 32.1 Å². The third kappa shape index (κ3) is 16.5. The Morgan fingerprint density at radius 1 is 1.13 bits per heavy atom. The van der Waals surface area contributed by atoms with Crippen LogP contribution in [0.4, 0.5) is 0 Å². The summed E-state index contributed by atoms with van der Waals surface area (Å²) in [7, 11) is 0. The van der Waals surface area contributed by atoms with Crippen LogP contribution in [0.1, 0.15) is 51.9 Å². The number of ether oxygens (including phenoxy) is 1. The van der Waals surface area contributed by atoms with Crippen molar-refractivity contribution in [2.24, 2.45) is 5.73 Å². The lowest BCUT2D eigenvalue weighted by Crippen LogP contribution is -2.19. The fraction of sp³-hybridized carbons (Fsp3) is 1.00. The molecule has 0 aromatic carbocycles. The number of hydrogen-bond donors (Lipinski definition) is 2. The molecule has 1 aliphatic heterocycles. The van der Waals surface area contributed by atoms with Crippen molar-refractivity contribution in [3.8, 4) is 0 Å². The van der Waals surface area contributed by atoms with Crippen molar-refractivity contribution in [1.29, 1.82) is 0 Å². The summed E-state index contributed by atoms with van der Waals surface area (Å²) >= 11 is 0. The van der Waals surface area contributed by atoms with Crippen LogP contribution in [0.15, 0.2) is 0 Å². The van der Waals surface area contributed by atoms with Gasteiger partial charge in [0.05, 0.1) is 19.3 Å². The van der Waals surface area contributed by atoms with Crippen LogP contribution < -0.4 is 5.73 Å². The van der Waals surface area contributed by atoms with Crippen molar-refractivity contribution in [3.63, 3.8) is 0 Å². The zero-order chi connectivity index (χ0) is 11.4. The summed E-state index contributed by atoms with van der Waals surface area (Å²) < 4.78 is 4.50. The van der Waals surface area contributed by atoms with E-state index in [9.17, 15) is 0 Å². The molecule has 1 saturated heterocycles. The van der Waals surface area contributed by atoms with Crippen LogP contribution in [0.25, 0.3) is 0 Å². The Balaban J connectivity index is 0.000000548. The van der Waals surface area contributed by atoms with Crippen molar-refractivity contribution < 1.29 is 9.84 Å². The first-order valence-corrected chi connectivity index (χ1v) is 6.27. The average Bonchev–Trinajstić information content (AvgIpc) is 3.10. The summed E-state index contributed by atoms with van der Waals surface area (Å²) in [5.74, 6) is 0. The number of epoxide rings is 1. The van der Waals surface area contributed by atoms with Crippen LogP contribution in [0, 0.1) is 0 Å². The van der Waals surface area contributed by atoms with Crippen molar-refractivity contribution in [3.05, 3.63) is 0 Å². The molecule has 0 aliphatic carbocycles. The molecule has 15 heavy (non-hydrogen) atoms. The number of aliphatic hydroxyl groups excluding tert-OH is 1. The number of nitrogens with two attached hydrogens (primary N) is 1. The first-order valence-electron chi connectivity index (χ1n) is 6.27. The van der Waals surface area contributed by atoms with Crippen molar-refractivity contribution in [1.82, 2.24) is 0 Å². The molecule has 1 atom stereocenters. The van der Waals surface area contributed by atoms with Crippen molar-refractivity contribution >= 4 is 0 Å². The van der Waals surface area contributed by atoms with Gasteiger partial charge in [-0.05, 0) is 6.42 Å². The highest BCUT2D eigenvalue weighted by atomic mass is 16.6. The van der Waals surface area contributed by atoms with E-state index in [2.05, 4.69) is 11.7 Å². The van der Waals surface area contributed by atoms with Gasteiger partial charge in [-0.1, -0.05) is 45.4 Å². The van der Waals surface area contributed by atoms with Crippen LogP contribution in [0.5, 0.6) is 0 Å². The zero-order valence-corrected chi connectivity index (χ0v) is 10.1. The van der Waals surface area contributed by atoms with Gasteiger partial charge in [-0.15, -0.1) is 0 Å². The molecule has 0 spiro atoms. The van der Waals surface area contributed by atoms with Gasteiger partial charge in [0.15, 0.2) is 0 Å². The van der Waals surface area contributed by atoms with Gasteiger partial charge >= 0.3 is 0 Å². The molecule has 0 aromatic rings. The van der Waals surface area contributed by atoms with Gasteiger partial charge in [-0.2, -0.15) is 0 Å². The zero-order valence-electron chi connectivity index (χ0n) is 10.1. The van der Waals surface area contributed by atoms with Gasteiger partial charge < -0.3 is 15.6 Å². The fourth-order valence-corrected chi connectivity index (χ4v) is 1.28. The Morgan fingerprint density at radius 2 is 1.67 bits per heavy atom. The molecule has 1 heterocycles. The molecule has 0 aromatic heterocycles. The summed E-state index contributed by atoms with van der Waals surface area (Å²) in [5, 5.41) is 9.14. The topological polar surface area (TPSA) is 58.8 Å². The molecular formula is C12H27NO2. The summed E-state index contributed by atoms with van der Waals surface area (Å²) in [6.07, 6.45) is 8.28. The third-order valence-corrected chi connectivity index (χ3v) is 2.37. The van der Waals surface area contributed by atoms with Gasteiger partial charge in [0.25, 0.3) is 0 Å². The lowest BCUT2D eigenvalue weighted by Gasteiger charge is -2.06. The fourth-order valence-electron chi connectivity index (χ4n) is 1.28. The van der Waals surface area contributed by atoms with E-state index >= 15 is 0 Å². The minimum absolute atomic E-state index is 0.267. The van der Waals surface area contributed by atoms with E-state index in [-0.39, 0.29) is 6.10 Å². The van der Waals surface area contributed by atoms with Gasteiger partial charge in [-0.3, -0.25) is 0 Å². The Hall–Kier alpha value is -0.120. The second-order valence-electron chi connectivity index (χ2n) is 4.06. The van der Waals surface area contributed by atoms with Crippen LogP contribution in [-0.4, -0.2) is 31.0 Å². The maximum atomic E-state index is 9.14. The first-order chi connectivity index (χ1) is 7.31. The molecule has 1 unspecified atom stereocenters. The Labute approximate surface area is 94.0 Å². The highest BCUT2D eigenvalue weighted by Crippen LogP contribution is 2.07. The quantitative estimate of drug-likeness (QED) is 0.483. The maximum absolute atomic E-state index is 9.14. The summed E-state index contributed by atoms with van der Waals surface area (Å²) in [6, 6.07) is 0. The lowest BCUT2D eigenvalue weighted by atomic mass is 10.1. The van der Waals surface area contributed by atoms with Crippen LogP contribution in [0.3, 0.4) is 0 Å². The van der Waals surface area contributed by atoms with Gasteiger partial charge in [-0.25, -0.2) is 0 Å². The highest BCUT2D eigenvalue weighted by molar-refractivity contribution is 4.55. The van der Waals surface area contributed by atoms with E-state index in [1.54, 1.807) is 0 Å². The van der Waals surface area contributed by atoms with Crippen LogP contribution >= 0.6 is 0 Å². The molecule has 3 heteroatoms. The molecule has 3 N–H and O–H groups in total. The van der Waals surface area contributed by atoms with Crippen molar-refractivity contribution in [2.45, 2.75) is 58.0 Å². The SMILES string of the molecule is C1CO1.CCCCCCCCC(O)CN. The number of rotatable bonds is 8. The normalized spacial score (nSPS) is 15.4. The van der Waals surface area contributed by atoms with Crippen LogP contribution in [-0.2, 0) is 4.74 Å². The lowest BCUT2D eigenvalue weighted by molar-refractivity contribution is 0.168. The molecule has 0 saturated carbocycles. The molecular weight excluding hydrogens is 190 g/mol. The average molecular weight is 217 g/mol. The molecule has 0 bridgehead atoms. The van der Waals surface area contributed by atoms with E-state index in [0.717, 1.165) is 26.1 Å².